The number of benzene rings is 3. The molecular weight excluding hydrogens is 597 g/mol. The fourth-order valence-corrected chi connectivity index (χ4v) is 4.87. The van der Waals surface area contributed by atoms with Gasteiger partial charge in [0.1, 0.15) is 29.9 Å². The van der Waals surface area contributed by atoms with Crippen LogP contribution in [0.3, 0.4) is 0 Å². The number of imidazole rings is 1. The maximum atomic E-state index is 15.6. The molecule has 8 nitrogen and oxygen atoms in total. The molecule has 0 radical (unpaired) electrons. The van der Waals surface area contributed by atoms with Crippen LogP contribution in [0.4, 0.5) is 13.2 Å². The molecule has 46 heavy (non-hydrogen) atoms. The molecule has 0 fully saturated rings. The summed E-state index contributed by atoms with van der Waals surface area (Å²) in [6.45, 7) is 6.30. The van der Waals surface area contributed by atoms with Gasteiger partial charge in [0.15, 0.2) is 0 Å². The molecule has 0 amide bonds. The zero-order valence-electron chi connectivity index (χ0n) is 25.7. The standard InChI is InChI=1S/C35H31F3N4O4/c1-35(2,3)46-13-12-42-31-16-22(34(43)44-4)10-11-30(31)40-32(42)17-24-15-28(38)25(18-27(24)37)29-6-5-7-33(41-29)45-20-23-9-8-21(19-39)14-26(23)36/h5-11,14-16,18H,12-13,17,20H2,1-4H3. The fourth-order valence-electron chi connectivity index (χ4n) is 4.87. The van der Waals surface area contributed by atoms with Gasteiger partial charge in [0.2, 0.25) is 5.88 Å². The Bertz CT molecular complexity index is 1960. The highest BCUT2D eigenvalue weighted by Gasteiger charge is 2.20. The van der Waals surface area contributed by atoms with E-state index in [9.17, 15) is 9.18 Å². The van der Waals surface area contributed by atoms with Gasteiger partial charge < -0.3 is 18.8 Å². The monoisotopic (exact) mass is 628 g/mol. The van der Waals surface area contributed by atoms with Crippen molar-refractivity contribution in [2.75, 3.05) is 13.7 Å². The molecule has 0 spiro atoms. The molecule has 2 aromatic heterocycles. The van der Waals surface area contributed by atoms with Crippen LogP contribution in [-0.2, 0) is 29.0 Å². The van der Waals surface area contributed by atoms with Crippen molar-refractivity contribution in [3.63, 3.8) is 0 Å². The van der Waals surface area contributed by atoms with E-state index >= 15 is 8.78 Å². The van der Waals surface area contributed by atoms with Gasteiger partial charge in [-0.1, -0.05) is 12.1 Å². The van der Waals surface area contributed by atoms with Gasteiger partial charge in [-0.15, -0.1) is 0 Å². The van der Waals surface area contributed by atoms with E-state index in [2.05, 4.69) is 9.97 Å². The highest BCUT2D eigenvalue weighted by molar-refractivity contribution is 5.93. The van der Waals surface area contributed by atoms with Crippen molar-refractivity contribution in [2.45, 2.75) is 45.9 Å². The summed E-state index contributed by atoms with van der Waals surface area (Å²) in [5.74, 6) is -1.92. The zero-order valence-corrected chi connectivity index (χ0v) is 25.7. The number of halogens is 3. The number of methoxy groups -OCH3 is 1. The Morgan fingerprint density at radius 3 is 2.43 bits per heavy atom. The Morgan fingerprint density at radius 2 is 1.72 bits per heavy atom. The summed E-state index contributed by atoms with van der Waals surface area (Å²) < 4.78 is 63.6. The molecule has 11 heteroatoms. The predicted octanol–water partition coefficient (Wildman–Crippen LogP) is 7.16. The third-order valence-corrected chi connectivity index (χ3v) is 7.14. The van der Waals surface area contributed by atoms with E-state index < -0.39 is 29.0 Å². The largest absolute Gasteiger partial charge is 0.473 e. The number of fused-ring (bicyclic) bond motifs is 1. The second kappa shape index (κ2) is 13.4. The molecule has 0 N–H and O–H groups in total. The van der Waals surface area contributed by atoms with Gasteiger partial charge in [0, 0.05) is 30.2 Å². The maximum absolute atomic E-state index is 15.6. The summed E-state index contributed by atoms with van der Waals surface area (Å²) in [5, 5.41) is 8.93. The van der Waals surface area contributed by atoms with E-state index in [0.717, 1.165) is 18.2 Å². The van der Waals surface area contributed by atoms with Crippen molar-refractivity contribution in [1.29, 1.82) is 5.26 Å². The Hall–Kier alpha value is -5.21. The summed E-state index contributed by atoms with van der Waals surface area (Å²) in [6.07, 6.45) is -0.0342. The molecule has 5 aromatic rings. The lowest BCUT2D eigenvalue weighted by molar-refractivity contribution is -0.00670. The molecular formula is C35H31F3N4O4. The Morgan fingerprint density at radius 1 is 0.935 bits per heavy atom. The lowest BCUT2D eigenvalue weighted by Gasteiger charge is -2.20. The number of rotatable bonds is 10. The lowest BCUT2D eigenvalue weighted by atomic mass is 10.0. The summed E-state index contributed by atoms with van der Waals surface area (Å²) in [4.78, 5) is 21.2. The van der Waals surface area contributed by atoms with Crippen molar-refractivity contribution in [1.82, 2.24) is 14.5 Å². The number of ether oxygens (including phenoxy) is 3. The Balaban J connectivity index is 1.41. The summed E-state index contributed by atoms with van der Waals surface area (Å²) in [6, 6.07) is 17.6. The number of hydrogen-bond acceptors (Lipinski definition) is 7. The van der Waals surface area contributed by atoms with Crippen LogP contribution in [0, 0.1) is 28.8 Å². The number of hydrogen-bond donors (Lipinski definition) is 0. The smallest absolute Gasteiger partial charge is 0.337 e. The first kappa shape index (κ1) is 32.2. The molecule has 0 atom stereocenters. The Labute approximate surface area is 264 Å². The van der Waals surface area contributed by atoms with Crippen molar-refractivity contribution >= 4 is 17.0 Å². The SMILES string of the molecule is COC(=O)c1ccc2nc(Cc3cc(F)c(-c4cccc(OCc5ccc(C#N)cc5F)n4)cc3F)n(CCOC(C)(C)C)c2c1. The van der Waals surface area contributed by atoms with Gasteiger partial charge in [-0.25, -0.2) is 27.9 Å². The van der Waals surface area contributed by atoms with E-state index in [4.69, 9.17) is 19.5 Å². The maximum Gasteiger partial charge on any atom is 0.337 e. The van der Waals surface area contributed by atoms with Gasteiger partial charge in [-0.05, 0) is 74.9 Å². The van der Waals surface area contributed by atoms with E-state index in [1.807, 2.05) is 31.4 Å². The topological polar surface area (TPSA) is 99.3 Å². The van der Waals surface area contributed by atoms with E-state index in [1.165, 1.54) is 31.4 Å². The predicted molar refractivity (Wildman–Crippen MR) is 165 cm³/mol. The highest BCUT2D eigenvalue weighted by atomic mass is 19.1. The molecule has 236 valence electrons. The number of nitriles is 1. The molecule has 2 heterocycles. The number of carbonyl (C=O) groups excluding carboxylic acids is 1. The first-order chi connectivity index (χ1) is 22.0. The average Bonchev–Trinajstić information content (AvgIpc) is 3.37. The zero-order chi connectivity index (χ0) is 33.0. The summed E-state index contributed by atoms with van der Waals surface area (Å²) in [5.41, 5.74) is 1.68. The average molecular weight is 629 g/mol. The van der Waals surface area contributed by atoms with Crippen LogP contribution in [0.2, 0.25) is 0 Å². The first-order valence-corrected chi connectivity index (χ1v) is 14.4. The molecule has 0 unspecified atom stereocenters. The van der Waals surface area contributed by atoms with E-state index in [1.54, 1.807) is 24.3 Å². The molecule has 0 aliphatic heterocycles. The lowest BCUT2D eigenvalue weighted by Crippen LogP contribution is -2.22. The van der Waals surface area contributed by atoms with Gasteiger partial charge >= 0.3 is 5.97 Å². The van der Waals surface area contributed by atoms with Crippen molar-refractivity contribution in [3.05, 3.63) is 112 Å². The van der Waals surface area contributed by atoms with Gasteiger partial charge in [-0.3, -0.25) is 0 Å². The highest BCUT2D eigenvalue weighted by Crippen LogP contribution is 2.28. The molecule has 3 aromatic carbocycles. The van der Waals surface area contributed by atoms with Crippen LogP contribution in [0.5, 0.6) is 5.88 Å². The second-order valence-electron chi connectivity index (χ2n) is 11.5. The third kappa shape index (κ3) is 7.35. The summed E-state index contributed by atoms with van der Waals surface area (Å²) in [7, 11) is 1.30. The molecule has 0 aliphatic carbocycles. The summed E-state index contributed by atoms with van der Waals surface area (Å²) >= 11 is 0. The molecule has 5 rings (SSSR count). The van der Waals surface area contributed by atoms with Crippen molar-refractivity contribution < 1.29 is 32.2 Å². The van der Waals surface area contributed by atoms with Crippen LogP contribution in [-0.4, -0.2) is 39.8 Å². The van der Waals surface area contributed by atoms with Gasteiger partial charge in [-0.2, -0.15) is 5.26 Å². The van der Waals surface area contributed by atoms with Gasteiger partial charge in [0.05, 0.1) is 53.2 Å². The van der Waals surface area contributed by atoms with Crippen LogP contribution < -0.4 is 4.74 Å². The molecule has 0 bridgehead atoms. The van der Waals surface area contributed by atoms with Crippen molar-refractivity contribution in [2.24, 2.45) is 0 Å². The van der Waals surface area contributed by atoms with Crippen LogP contribution in [0.25, 0.3) is 22.3 Å². The van der Waals surface area contributed by atoms with Crippen molar-refractivity contribution in [3.8, 4) is 23.2 Å². The quantitative estimate of drug-likeness (QED) is 0.151. The third-order valence-electron chi connectivity index (χ3n) is 7.14. The molecule has 0 saturated carbocycles. The normalized spacial score (nSPS) is 11.4. The van der Waals surface area contributed by atoms with Crippen LogP contribution in [0.15, 0.2) is 66.7 Å². The second-order valence-corrected chi connectivity index (χ2v) is 11.5. The minimum atomic E-state index is -0.703. The van der Waals surface area contributed by atoms with Crippen LogP contribution >= 0.6 is 0 Å². The number of pyridine rings is 1. The number of nitrogens with zero attached hydrogens (tertiary/aromatic N) is 4. The number of aromatic nitrogens is 3. The number of esters is 1. The minimum absolute atomic E-state index is 0.0342. The fraction of sp³-hybridized carbons (Fsp3) is 0.257. The van der Waals surface area contributed by atoms with Gasteiger partial charge in [0.25, 0.3) is 0 Å². The molecule has 0 saturated heterocycles. The Kier molecular flexibility index (Phi) is 9.39. The molecule has 0 aliphatic rings. The number of carbonyl (C=O) groups is 1. The first-order valence-electron chi connectivity index (χ1n) is 14.4. The van der Waals surface area contributed by atoms with E-state index in [-0.39, 0.29) is 46.9 Å². The minimum Gasteiger partial charge on any atom is -0.473 e. The van der Waals surface area contributed by atoms with E-state index in [0.29, 0.717) is 35.6 Å². The van der Waals surface area contributed by atoms with Crippen LogP contribution in [0.1, 0.15) is 53.6 Å².